The maximum absolute atomic E-state index is 14.0. The number of nitrogens with zero attached hydrogens (tertiary/aromatic N) is 2. The van der Waals surface area contributed by atoms with Crippen LogP contribution in [0, 0.1) is 10.1 Å². The molecule has 4 heterocycles. The van der Waals surface area contributed by atoms with Crippen molar-refractivity contribution in [1.82, 2.24) is 9.88 Å². The Kier molecular flexibility index (Phi) is 4.55. The molecular weight excluding hydrogens is 478 g/mol. The number of nitro benzene ring substituents is 1. The first-order valence-electron chi connectivity index (χ1n) is 11.6. The van der Waals surface area contributed by atoms with E-state index in [4.69, 9.17) is 4.74 Å². The molecule has 2 N–H and O–H groups in total. The van der Waals surface area contributed by atoms with Gasteiger partial charge in [-0.05, 0) is 47.9 Å². The molecule has 2 aromatic heterocycles. The number of aromatic hydroxyl groups is 1. The van der Waals surface area contributed by atoms with E-state index in [1.54, 1.807) is 12.1 Å². The molecule has 9 heteroatoms. The van der Waals surface area contributed by atoms with Crippen LogP contribution >= 0.6 is 11.3 Å². The van der Waals surface area contributed by atoms with Crippen molar-refractivity contribution in [3.05, 3.63) is 98.5 Å². The number of carbonyl (C=O) groups is 1. The largest absolute Gasteiger partial charge is 0.551 e. The number of benzene rings is 3. The second-order valence-electron chi connectivity index (χ2n) is 8.93. The Morgan fingerprint density at radius 2 is 2.00 bits per heavy atom. The molecular formula is C27H20N3O5S+. The monoisotopic (exact) mass is 498 g/mol. The van der Waals surface area contributed by atoms with E-state index in [0.717, 1.165) is 32.6 Å². The van der Waals surface area contributed by atoms with Crippen LogP contribution in [0.1, 0.15) is 32.5 Å². The number of hydrogen-bond donors (Lipinski definition) is 1. The van der Waals surface area contributed by atoms with Crippen molar-refractivity contribution in [2.45, 2.75) is 12.5 Å². The zero-order chi connectivity index (χ0) is 24.4. The van der Waals surface area contributed by atoms with Gasteiger partial charge >= 0.3 is 6.79 Å². The summed E-state index contributed by atoms with van der Waals surface area (Å²) in [6.07, 6.45) is 0.712. The van der Waals surface area contributed by atoms with Crippen LogP contribution in [0.25, 0.3) is 21.0 Å². The van der Waals surface area contributed by atoms with Crippen LogP contribution in [-0.2, 0) is 6.42 Å². The van der Waals surface area contributed by atoms with Gasteiger partial charge in [0, 0.05) is 40.0 Å². The third kappa shape index (κ3) is 3.09. The molecule has 2 aliphatic heterocycles. The fourth-order valence-corrected chi connectivity index (χ4v) is 6.41. The molecule has 0 fully saturated rings. The number of amides is 1. The molecule has 0 radical (unpaired) electrons. The number of aromatic amines is 1. The number of carbonyl (C=O) groups excluding carboxylic acids is 1. The molecule has 0 aliphatic carbocycles. The minimum atomic E-state index is -0.403. The summed E-state index contributed by atoms with van der Waals surface area (Å²) in [6.45, 7) is 0.821. The molecule has 8 nitrogen and oxygen atoms in total. The molecule has 7 rings (SSSR count). The highest BCUT2D eigenvalue weighted by atomic mass is 32.1. The second kappa shape index (κ2) is 7.82. The summed E-state index contributed by atoms with van der Waals surface area (Å²) in [5.74, 6) is 1.37. The lowest BCUT2D eigenvalue weighted by Crippen LogP contribution is -2.40. The Hall–Kier alpha value is -4.37. The lowest BCUT2D eigenvalue weighted by molar-refractivity contribution is -0.383. The summed E-state index contributed by atoms with van der Waals surface area (Å²) in [4.78, 5) is 31.1. The van der Waals surface area contributed by atoms with E-state index in [-0.39, 0.29) is 17.6 Å². The van der Waals surface area contributed by atoms with Gasteiger partial charge in [0.05, 0.1) is 21.2 Å². The Labute approximate surface area is 208 Å². The van der Waals surface area contributed by atoms with Crippen LogP contribution < -0.4 is 4.74 Å². The molecule has 36 heavy (non-hydrogen) atoms. The topological polar surface area (TPSA) is 101 Å². The standard InChI is InChI=1S/C27H19N3O5S/c31-27(24-13-18-20(30(32)33)6-3-7-23(18)36-24)29-11-10-17-16-4-1-2-5-19(16)28-25(17)26(29)15-8-9-21-22(12-15)35-14-34-21/h1-9,12-13,26,28H,10-11,14H2/p+1. The molecule has 2 aliphatic rings. The number of H-pyrrole nitrogens is 1. The van der Waals surface area contributed by atoms with Crippen LogP contribution in [0.5, 0.6) is 11.5 Å². The van der Waals surface area contributed by atoms with Gasteiger partial charge in [-0.1, -0.05) is 24.3 Å². The Morgan fingerprint density at radius 1 is 1.11 bits per heavy atom. The summed E-state index contributed by atoms with van der Waals surface area (Å²) in [7, 11) is 0. The SMILES string of the molecule is O=C(c1cc2c([N+](=O)[O-])cccc2s1)N1CCc2c([nH]c3ccccc23)C1c1ccc2c(c1)OC[OH+]2. The number of aromatic nitrogens is 1. The maximum Gasteiger partial charge on any atom is 0.327 e. The fraction of sp³-hybridized carbons (Fsp3) is 0.148. The lowest BCUT2D eigenvalue weighted by Gasteiger charge is -2.36. The number of hydrogen-bond acceptors (Lipinski definition) is 5. The summed E-state index contributed by atoms with van der Waals surface area (Å²) in [5.41, 5.74) is 4.16. The zero-order valence-corrected chi connectivity index (χ0v) is 19.7. The van der Waals surface area contributed by atoms with E-state index >= 15 is 0 Å². The molecule has 1 amide bonds. The normalized spacial score (nSPS) is 16.4. The number of rotatable bonds is 3. The molecule has 0 saturated carbocycles. The number of nitro groups is 1. The lowest BCUT2D eigenvalue weighted by atomic mass is 9.92. The smallest absolute Gasteiger partial charge is 0.327 e. The number of thiophene rings is 1. The van der Waals surface area contributed by atoms with Crippen molar-refractivity contribution >= 4 is 43.9 Å². The van der Waals surface area contributed by atoms with Gasteiger partial charge < -0.3 is 19.4 Å². The van der Waals surface area contributed by atoms with E-state index < -0.39 is 4.92 Å². The van der Waals surface area contributed by atoms with Crippen molar-refractivity contribution in [3.8, 4) is 11.5 Å². The van der Waals surface area contributed by atoms with Gasteiger partial charge in [0.25, 0.3) is 17.3 Å². The van der Waals surface area contributed by atoms with Crippen LogP contribution in [0.15, 0.2) is 66.7 Å². The van der Waals surface area contributed by atoms with Crippen LogP contribution in [0.2, 0.25) is 0 Å². The van der Waals surface area contributed by atoms with E-state index in [1.165, 1.54) is 23.0 Å². The minimum absolute atomic E-state index is 0.00965. The van der Waals surface area contributed by atoms with Crippen molar-refractivity contribution in [2.24, 2.45) is 0 Å². The molecule has 0 spiro atoms. The second-order valence-corrected chi connectivity index (χ2v) is 10.0. The van der Waals surface area contributed by atoms with Gasteiger partial charge in [-0.2, -0.15) is 0 Å². The molecule has 5 aromatic rings. The van der Waals surface area contributed by atoms with Gasteiger partial charge in [0.2, 0.25) is 5.75 Å². The van der Waals surface area contributed by atoms with Gasteiger partial charge in [-0.15, -0.1) is 11.3 Å². The fourth-order valence-electron chi connectivity index (χ4n) is 5.38. The van der Waals surface area contributed by atoms with Gasteiger partial charge in [-0.25, -0.2) is 0 Å². The number of ether oxygens (including phenoxy) is 2. The van der Waals surface area contributed by atoms with Gasteiger partial charge in [0.1, 0.15) is 0 Å². The first-order valence-corrected chi connectivity index (χ1v) is 12.4. The third-order valence-corrected chi connectivity index (χ3v) is 8.08. The van der Waals surface area contributed by atoms with Gasteiger partial charge in [0.15, 0.2) is 0 Å². The molecule has 0 bridgehead atoms. The Balaban J connectivity index is 1.37. The Morgan fingerprint density at radius 3 is 2.89 bits per heavy atom. The zero-order valence-electron chi connectivity index (χ0n) is 18.9. The number of para-hydroxylation sites is 1. The van der Waals surface area contributed by atoms with E-state index in [2.05, 4.69) is 15.8 Å². The van der Waals surface area contributed by atoms with Crippen molar-refractivity contribution in [1.29, 1.82) is 0 Å². The van der Waals surface area contributed by atoms with Crippen LogP contribution in [-0.4, -0.2) is 38.8 Å². The van der Waals surface area contributed by atoms with E-state index in [9.17, 15) is 14.9 Å². The van der Waals surface area contributed by atoms with Crippen LogP contribution in [0.3, 0.4) is 0 Å². The highest BCUT2D eigenvalue weighted by Crippen LogP contribution is 2.43. The maximum atomic E-state index is 14.0. The molecule has 1 atom stereocenters. The number of aliphatic hydroxyl groups is 1. The predicted octanol–water partition coefficient (Wildman–Crippen LogP) is 5.67. The van der Waals surface area contributed by atoms with Crippen LogP contribution in [0.4, 0.5) is 5.69 Å². The summed E-state index contributed by atoms with van der Waals surface area (Å²) >= 11 is 1.29. The number of fused-ring (bicyclic) bond motifs is 5. The predicted molar refractivity (Wildman–Crippen MR) is 137 cm³/mol. The minimum Gasteiger partial charge on any atom is -0.551 e. The number of nitrogens with one attached hydrogen (secondary N) is 1. The molecule has 178 valence electrons. The highest BCUT2D eigenvalue weighted by Gasteiger charge is 2.37. The summed E-state index contributed by atoms with van der Waals surface area (Å²) in [5, 5.41) is 13.2. The van der Waals surface area contributed by atoms with E-state index in [1.807, 2.05) is 47.4 Å². The summed E-state index contributed by atoms with van der Waals surface area (Å²) in [6, 6.07) is 20.3. The van der Waals surface area contributed by atoms with Crippen molar-refractivity contribution in [3.63, 3.8) is 0 Å². The molecule has 0 saturated heterocycles. The third-order valence-electron chi connectivity index (χ3n) is 7.00. The average molecular weight is 499 g/mol. The number of non-ortho nitro benzene ring substituents is 1. The van der Waals surface area contributed by atoms with Crippen molar-refractivity contribution in [2.75, 3.05) is 13.3 Å². The first kappa shape index (κ1) is 21.0. The molecule has 1 unspecified atom stereocenters. The average Bonchev–Trinajstić information content (AvgIpc) is 3.63. The first-order chi connectivity index (χ1) is 17.6. The Bertz CT molecular complexity index is 1700. The quantitative estimate of drug-likeness (QED) is 0.197. The van der Waals surface area contributed by atoms with Gasteiger partial charge in [-0.3, -0.25) is 14.9 Å². The molecule has 3 aromatic carbocycles. The summed E-state index contributed by atoms with van der Waals surface area (Å²) < 4.78 is 10.8. The van der Waals surface area contributed by atoms with E-state index in [0.29, 0.717) is 35.8 Å². The highest BCUT2D eigenvalue weighted by molar-refractivity contribution is 7.20. The van der Waals surface area contributed by atoms with Crippen molar-refractivity contribution < 1.29 is 19.2 Å².